The fraction of sp³-hybridized carbons (Fsp3) is 0.350. The predicted molar refractivity (Wildman–Crippen MR) is 101 cm³/mol. The van der Waals surface area contributed by atoms with Crippen molar-refractivity contribution in [1.82, 2.24) is 10.3 Å². The van der Waals surface area contributed by atoms with E-state index in [9.17, 15) is 14.0 Å². The molecule has 2 amide bonds. The van der Waals surface area contributed by atoms with Gasteiger partial charge in [0.25, 0.3) is 5.91 Å². The molecule has 1 fully saturated rings. The number of hydrogen-bond acceptors (Lipinski definition) is 6. The zero-order chi connectivity index (χ0) is 19.9. The summed E-state index contributed by atoms with van der Waals surface area (Å²) in [4.78, 5) is 28.6. The summed E-state index contributed by atoms with van der Waals surface area (Å²) in [6.07, 6.45) is 1.82. The summed E-state index contributed by atoms with van der Waals surface area (Å²) >= 11 is 0. The number of pyridine rings is 1. The standard InChI is InChI=1S/C20H22FN3O4/c1-24(18-7-2-3-10-22-18)11-12-27-16-9-8-14(13-15(16)21)5-4-6-17-19(25)23-20(26)28-17/h2-3,7-10,13,17H,4-6,11-12H2,1H3,(H,23,25,26). The number of halogens is 1. The summed E-state index contributed by atoms with van der Waals surface area (Å²) in [6.45, 7) is 0.895. The van der Waals surface area contributed by atoms with Gasteiger partial charge in [-0.05, 0) is 49.1 Å². The minimum Gasteiger partial charge on any atom is -0.489 e. The number of aromatic nitrogens is 1. The van der Waals surface area contributed by atoms with Crippen molar-refractivity contribution < 1.29 is 23.5 Å². The van der Waals surface area contributed by atoms with E-state index in [0.29, 0.717) is 32.4 Å². The van der Waals surface area contributed by atoms with Gasteiger partial charge in [-0.2, -0.15) is 0 Å². The number of imide groups is 1. The van der Waals surface area contributed by atoms with Crippen LogP contribution in [0.5, 0.6) is 5.75 Å². The third-order valence-electron chi connectivity index (χ3n) is 4.42. The van der Waals surface area contributed by atoms with E-state index in [2.05, 4.69) is 10.3 Å². The van der Waals surface area contributed by atoms with Gasteiger partial charge in [0.15, 0.2) is 17.7 Å². The Labute approximate surface area is 162 Å². The Morgan fingerprint density at radius 3 is 2.82 bits per heavy atom. The van der Waals surface area contributed by atoms with Crippen LogP contribution in [0.2, 0.25) is 0 Å². The molecule has 1 aromatic heterocycles. The lowest BCUT2D eigenvalue weighted by atomic mass is 10.1. The van der Waals surface area contributed by atoms with Crippen molar-refractivity contribution in [2.75, 3.05) is 25.1 Å². The second kappa shape index (κ2) is 9.16. The summed E-state index contributed by atoms with van der Waals surface area (Å²) in [7, 11) is 1.90. The van der Waals surface area contributed by atoms with Gasteiger partial charge in [0, 0.05) is 13.2 Å². The van der Waals surface area contributed by atoms with Crippen molar-refractivity contribution in [3.8, 4) is 5.75 Å². The van der Waals surface area contributed by atoms with Crippen LogP contribution >= 0.6 is 0 Å². The zero-order valence-corrected chi connectivity index (χ0v) is 15.6. The Bertz CT molecular complexity index is 831. The average Bonchev–Trinajstić information content (AvgIpc) is 3.01. The Balaban J connectivity index is 1.43. The Hall–Kier alpha value is -3.16. The molecule has 2 heterocycles. The highest BCUT2D eigenvalue weighted by atomic mass is 19.1. The zero-order valence-electron chi connectivity index (χ0n) is 15.6. The molecule has 0 bridgehead atoms. The van der Waals surface area contributed by atoms with Gasteiger partial charge in [-0.3, -0.25) is 10.1 Å². The van der Waals surface area contributed by atoms with Crippen molar-refractivity contribution in [1.29, 1.82) is 0 Å². The van der Waals surface area contributed by atoms with Crippen molar-refractivity contribution >= 4 is 17.8 Å². The number of cyclic esters (lactones) is 1. The number of amides is 2. The Kier molecular flexibility index (Phi) is 6.41. The van der Waals surface area contributed by atoms with Crippen LogP contribution < -0.4 is 15.0 Å². The maximum absolute atomic E-state index is 14.3. The van der Waals surface area contributed by atoms with Gasteiger partial charge in [-0.25, -0.2) is 14.2 Å². The number of carbonyl (C=O) groups is 2. The topological polar surface area (TPSA) is 80.8 Å². The SMILES string of the molecule is CN(CCOc1ccc(CCCC2OC(=O)NC2=O)cc1F)c1ccccn1. The van der Waals surface area contributed by atoms with Crippen LogP contribution in [-0.2, 0) is 16.0 Å². The number of rotatable bonds is 9. The molecule has 0 radical (unpaired) electrons. The second-order valence-electron chi connectivity index (χ2n) is 6.50. The van der Waals surface area contributed by atoms with E-state index >= 15 is 0 Å². The molecule has 7 nitrogen and oxygen atoms in total. The lowest BCUT2D eigenvalue weighted by molar-refractivity contribution is -0.123. The summed E-state index contributed by atoms with van der Waals surface area (Å²) in [5, 5.41) is 2.09. The first kappa shape index (κ1) is 19.6. The number of hydrogen-bond donors (Lipinski definition) is 1. The minimum atomic E-state index is -0.754. The highest BCUT2D eigenvalue weighted by Crippen LogP contribution is 2.20. The van der Waals surface area contributed by atoms with E-state index in [4.69, 9.17) is 9.47 Å². The fourth-order valence-corrected chi connectivity index (χ4v) is 2.88. The molecular weight excluding hydrogens is 365 g/mol. The van der Waals surface area contributed by atoms with Crippen LogP contribution in [0, 0.1) is 5.82 Å². The number of anilines is 1. The van der Waals surface area contributed by atoms with E-state index in [0.717, 1.165) is 11.4 Å². The van der Waals surface area contributed by atoms with E-state index in [1.165, 1.54) is 6.07 Å². The fourth-order valence-electron chi connectivity index (χ4n) is 2.88. The van der Waals surface area contributed by atoms with Gasteiger partial charge < -0.3 is 14.4 Å². The molecule has 1 atom stereocenters. The Morgan fingerprint density at radius 1 is 1.29 bits per heavy atom. The number of aryl methyl sites for hydroxylation is 1. The van der Waals surface area contributed by atoms with E-state index in [1.54, 1.807) is 18.3 Å². The van der Waals surface area contributed by atoms with E-state index < -0.39 is 23.9 Å². The highest BCUT2D eigenvalue weighted by molar-refractivity contribution is 5.99. The molecule has 3 rings (SSSR count). The van der Waals surface area contributed by atoms with Crippen LogP contribution in [0.1, 0.15) is 18.4 Å². The van der Waals surface area contributed by atoms with Crippen molar-refractivity contribution in [2.45, 2.75) is 25.4 Å². The lowest BCUT2D eigenvalue weighted by Crippen LogP contribution is -2.24. The average molecular weight is 387 g/mol. The number of benzene rings is 1. The molecule has 0 spiro atoms. The predicted octanol–water partition coefficient (Wildman–Crippen LogP) is 2.69. The maximum atomic E-state index is 14.3. The van der Waals surface area contributed by atoms with Gasteiger partial charge in [0.05, 0.1) is 6.54 Å². The van der Waals surface area contributed by atoms with Crippen LogP contribution in [-0.4, -0.2) is 43.3 Å². The summed E-state index contributed by atoms with van der Waals surface area (Å²) in [5.41, 5.74) is 0.792. The Morgan fingerprint density at radius 2 is 2.14 bits per heavy atom. The van der Waals surface area contributed by atoms with Crippen LogP contribution in [0.4, 0.5) is 15.0 Å². The highest BCUT2D eigenvalue weighted by Gasteiger charge is 2.31. The van der Waals surface area contributed by atoms with Gasteiger partial charge in [-0.15, -0.1) is 0 Å². The monoisotopic (exact) mass is 387 g/mol. The van der Waals surface area contributed by atoms with Gasteiger partial charge in [0.1, 0.15) is 12.4 Å². The molecule has 2 aromatic rings. The smallest absolute Gasteiger partial charge is 0.414 e. The minimum absolute atomic E-state index is 0.197. The van der Waals surface area contributed by atoms with Crippen molar-refractivity contribution in [3.05, 3.63) is 54.0 Å². The molecule has 0 aliphatic carbocycles. The quantitative estimate of drug-likeness (QED) is 0.713. The van der Waals surface area contributed by atoms with Gasteiger partial charge in [0.2, 0.25) is 0 Å². The third kappa shape index (κ3) is 5.18. The molecule has 1 aromatic carbocycles. The largest absolute Gasteiger partial charge is 0.489 e. The molecule has 1 unspecified atom stereocenters. The number of alkyl carbamates (subject to hydrolysis) is 1. The molecule has 1 saturated heterocycles. The first-order valence-corrected chi connectivity index (χ1v) is 9.08. The summed E-state index contributed by atoms with van der Waals surface area (Å²) < 4.78 is 24.6. The van der Waals surface area contributed by atoms with Crippen molar-refractivity contribution in [2.24, 2.45) is 0 Å². The molecule has 1 aliphatic rings. The number of nitrogens with one attached hydrogen (secondary N) is 1. The van der Waals surface area contributed by atoms with Crippen LogP contribution in [0.3, 0.4) is 0 Å². The van der Waals surface area contributed by atoms with Gasteiger partial charge in [-0.1, -0.05) is 12.1 Å². The second-order valence-corrected chi connectivity index (χ2v) is 6.50. The maximum Gasteiger partial charge on any atom is 0.414 e. The van der Waals surface area contributed by atoms with E-state index in [-0.39, 0.29) is 5.75 Å². The number of ether oxygens (including phenoxy) is 2. The van der Waals surface area contributed by atoms with Gasteiger partial charge >= 0.3 is 6.09 Å². The molecular formula is C20H22FN3O4. The number of nitrogens with zero attached hydrogens (tertiary/aromatic N) is 2. The normalized spacial score (nSPS) is 15.9. The molecule has 148 valence electrons. The first-order chi connectivity index (χ1) is 13.5. The molecule has 1 N–H and O–H groups in total. The summed E-state index contributed by atoms with van der Waals surface area (Å²) in [6, 6.07) is 10.5. The molecule has 1 aliphatic heterocycles. The first-order valence-electron chi connectivity index (χ1n) is 9.08. The summed E-state index contributed by atoms with van der Waals surface area (Å²) in [5.74, 6) is 0.171. The van der Waals surface area contributed by atoms with Crippen LogP contribution in [0.25, 0.3) is 0 Å². The molecule has 8 heteroatoms. The molecule has 28 heavy (non-hydrogen) atoms. The van der Waals surface area contributed by atoms with Crippen molar-refractivity contribution in [3.63, 3.8) is 0 Å². The number of carbonyl (C=O) groups excluding carboxylic acids is 2. The van der Waals surface area contributed by atoms with E-state index in [1.807, 2.05) is 30.1 Å². The number of likely N-dealkylation sites (N-methyl/N-ethyl adjacent to an activating group) is 1. The lowest BCUT2D eigenvalue weighted by Gasteiger charge is -2.18. The van der Waals surface area contributed by atoms with Crippen LogP contribution in [0.15, 0.2) is 42.6 Å². The third-order valence-corrected chi connectivity index (χ3v) is 4.42. The molecule has 0 saturated carbocycles.